The topological polar surface area (TPSA) is 75.6 Å². The standard InChI is InChI=1S/C14H19NO4/c1-4-11(14(17)18)13(16)15-10-6-7-12(19-5-2)9(3)8-10/h6-8,11H,4-5H2,1-3H3,(H,15,16)(H,17,18). The number of hydrogen-bond acceptors (Lipinski definition) is 3. The van der Waals surface area contributed by atoms with E-state index < -0.39 is 17.8 Å². The molecule has 1 rings (SSSR count). The molecule has 0 saturated heterocycles. The first-order valence-electron chi connectivity index (χ1n) is 6.26. The highest BCUT2D eigenvalue weighted by Crippen LogP contribution is 2.22. The number of carbonyl (C=O) groups excluding carboxylic acids is 1. The van der Waals surface area contributed by atoms with Crippen LogP contribution in [0.2, 0.25) is 0 Å². The van der Waals surface area contributed by atoms with Gasteiger partial charge in [0.25, 0.3) is 0 Å². The average Bonchev–Trinajstić information content (AvgIpc) is 2.33. The zero-order valence-corrected chi connectivity index (χ0v) is 11.4. The smallest absolute Gasteiger partial charge is 0.316 e. The van der Waals surface area contributed by atoms with Crippen LogP contribution in [0, 0.1) is 12.8 Å². The predicted octanol–water partition coefficient (Wildman–Crippen LogP) is 2.44. The maximum absolute atomic E-state index is 11.8. The Balaban J connectivity index is 2.80. The quantitative estimate of drug-likeness (QED) is 0.775. The van der Waals surface area contributed by atoms with Gasteiger partial charge in [-0.25, -0.2) is 0 Å². The van der Waals surface area contributed by atoms with E-state index in [1.54, 1.807) is 25.1 Å². The number of anilines is 1. The van der Waals surface area contributed by atoms with E-state index in [1.807, 2.05) is 13.8 Å². The Morgan fingerprint density at radius 3 is 2.53 bits per heavy atom. The maximum atomic E-state index is 11.8. The molecule has 0 saturated carbocycles. The Kier molecular flexibility index (Phi) is 5.36. The summed E-state index contributed by atoms with van der Waals surface area (Å²) in [7, 11) is 0. The fraction of sp³-hybridized carbons (Fsp3) is 0.429. The van der Waals surface area contributed by atoms with Crippen molar-refractivity contribution in [1.82, 2.24) is 0 Å². The third-order valence-corrected chi connectivity index (χ3v) is 2.77. The van der Waals surface area contributed by atoms with Gasteiger partial charge in [-0.3, -0.25) is 9.59 Å². The van der Waals surface area contributed by atoms with Gasteiger partial charge in [-0.1, -0.05) is 6.92 Å². The molecule has 0 aliphatic heterocycles. The number of carboxylic acids is 1. The van der Waals surface area contributed by atoms with Crippen molar-refractivity contribution in [2.75, 3.05) is 11.9 Å². The first-order valence-corrected chi connectivity index (χ1v) is 6.26. The van der Waals surface area contributed by atoms with E-state index in [9.17, 15) is 9.59 Å². The van der Waals surface area contributed by atoms with Gasteiger partial charge in [0.1, 0.15) is 11.7 Å². The SMILES string of the molecule is CCOc1ccc(NC(=O)C(CC)C(=O)O)cc1C. The zero-order valence-electron chi connectivity index (χ0n) is 11.4. The van der Waals surface area contributed by atoms with Crippen molar-refractivity contribution in [1.29, 1.82) is 0 Å². The minimum atomic E-state index is -1.11. The minimum absolute atomic E-state index is 0.261. The summed E-state index contributed by atoms with van der Waals surface area (Å²) in [5.74, 6) is -1.88. The molecule has 5 heteroatoms. The van der Waals surface area contributed by atoms with Gasteiger partial charge in [-0.15, -0.1) is 0 Å². The van der Waals surface area contributed by atoms with E-state index in [-0.39, 0.29) is 6.42 Å². The molecule has 0 spiro atoms. The monoisotopic (exact) mass is 265 g/mol. The number of hydrogen-bond donors (Lipinski definition) is 2. The van der Waals surface area contributed by atoms with Crippen LogP contribution in [0.25, 0.3) is 0 Å². The third kappa shape index (κ3) is 3.98. The molecule has 0 aliphatic carbocycles. The molecule has 104 valence electrons. The molecule has 1 unspecified atom stereocenters. The number of rotatable bonds is 6. The molecule has 0 heterocycles. The lowest BCUT2D eigenvalue weighted by molar-refractivity contribution is -0.145. The number of aliphatic carboxylic acids is 1. The summed E-state index contributed by atoms with van der Waals surface area (Å²) in [5.41, 5.74) is 1.47. The van der Waals surface area contributed by atoms with Crippen LogP contribution in [0.3, 0.4) is 0 Å². The highest BCUT2D eigenvalue weighted by molar-refractivity contribution is 6.04. The second kappa shape index (κ2) is 6.78. The van der Waals surface area contributed by atoms with Gasteiger partial charge in [0.2, 0.25) is 5.91 Å². The van der Waals surface area contributed by atoms with Gasteiger partial charge >= 0.3 is 5.97 Å². The fourth-order valence-electron chi connectivity index (χ4n) is 1.75. The number of nitrogens with one attached hydrogen (secondary N) is 1. The predicted molar refractivity (Wildman–Crippen MR) is 72.4 cm³/mol. The molecule has 0 bridgehead atoms. The Labute approximate surface area is 112 Å². The molecule has 5 nitrogen and oxygen atoms in total. The van der Waals surface area contributed by atoms with Crippen LogP contribution < -0.4 is 10.1 Å². The van der Waals surface area contributed by atoms with Gasteiger partial charge in [0.15, 0.2) is 0 Å². The normalized spacial score (nSPS) is 11.7. The highest BCUT2D eigenvalue weighted by Gasteiger charge is 2.24. The summed E-state index contributed by atoms with van der Waals surface area (Å²) in [6.45, 7) is 6.01. The molecule has 19 heavy (non-hydrogen) atoms. The van der Waals surface area contributed by atoms with Crippen LogP contribution in [0.4, 0.5) is 5.69 Å². The summed E-state index contributed by atoms with van der Waals surface area (Å²) in [5, 5.41) is 11.5. The van der Waals surface area contributed by atoms with E-state index in [2.05, 4.69) is 5.32 Å². The Hall–Kier alpha value is -2.04. The number of benzene rings is 1. The summed E-state index contributed by atoms with van der Waals surface area (Å²) in [6.07, 6.45) is 0.261. The highest BCUT2D eigenvalue weighted by atomic mass is 16.5. The van der Waals surface area contributed by atoms with Crippen LogP contribution in [-0.2, 0) is 9.59 Å². The van der Waals surface area contributed by atoms with Crippen molar-refractivity contribution in [3.63, 3.8) is 0 Å². The van der Waals surface area contributed by atoms with E-state index in [0.717, 1.165) is 11.3 Å². The van der Waals surface area contributed by atoms with Crippen molar-refractivity contribution < 1.29 is 19.4 Å². The van der Waals surface area contributed by atoms with E-state index in [4.69, 9.17) is 9.84 Å². The Morgan fingerprint density at radius 2 is 2.05 bits per heavy atom. The summed E-state index contributed by atoms with van der Waals surface area (Å²) in [4.78, 5) is 22.7. The van der Waals surface area contributed by atoms with Gasteiger partial charge in [-0.2, -0.15) is 0 Å². The lowest BCUT2D eigenvalue weighted by atomic mass is 10.1. The number of carbonyl (C=O) groups is 2. The maximum Gasteiger partial charge on any atom is 0.316 e. The van der Waals surface area contributed by atoms with Crippen molar-refractivity contribution in [2.45, 2.75) is 27.2 Å². The molecule has 0 fully saturated rings. The molecule has 1 aromatic rings. The molecule has 0 aliphatic rings. The molecular weight excluding hydrogens is 246 g/mol. The van der Waals surface area contributed by atoms with Crippen LogP contribution in [0.15, 0.2) is 18.2 Å². The zero-order chi connectivity index (χ0) is 14.4. The average molecular weight is 265 g/mol. The molecule has 2 N–H and O–H groups in total. The van der Waals surface area contributed by atoms with Crippen molar-refractivity contribution in [3.05, 3.63) is 23.8 Å². The van der Waals surface area contributed by atoms with Crippen LogP contribution >= 0.6 is 0 Å². The minimum Gasteiger partial charge on any atom is -0.494 e. The second-order valence-electron chi connectivity index (χ2n) is 4.20. The van der Waals surface area contributed by atoms with Crippen molar-refractivity contribution in [2.24, 2.45) is 5.92 Å². The third-order valence-electron chi connectivity index (χ3n) is 2.77. The van der Waals surface area contributed by atoms with Crippen LogP contribution in [-0.4, -0.2) is 23.6 Å². The molecule has 0 aromatic heterocycles. The van der Waals surface area contributed by atoms with Crippen molar-refractivity contribution >= 4 is 17.6 Å². The van der Waals surface area contributed by atoms with E-state index >= 15 is 0 Å². The fourth-order valence-corrected chi connectivity index (χ4v) is 1.75. The second-order valence-corrected chi connectivity index (χ2v) is 4.20. The first kappa shape index (κ1) is 15.0. The van der Waals surface area contributed by atoms with E-state index in [0.29, 0.717) is 12.3 Å². The Bertz CT molecular complexity index is 471. The van der Waals surface area contributed by atoms with Crippen LogP contribution in [0.1, 0.15) is 25.8 Å². The van der Waals surface area contributed by atoms with Gasteiger partial charge in [0.05, 0.1) is 6.61 Å². The lowest BCUT2D eigenvalue weighted by Gasteiger charge is -2.13. The molecule has 1 atom stereocenters. The largest absolute Gasteiger partial charge is 0.494 e. The number of amides is 1. The summed E-state index contributed by atoms with van der Waals surface area (Å²) >= 11 is 0. The molecule has 1 amide bonds. The first-order chi connectivity index (χ1) is 8.99. The van der Waals surface area contributed by atoms with E-state index in [1.165, 1.54) is 0 Å². The van der Waals surface area contributed by atoms with Gasteiger partial charge < -0.3 is 15.2 Å². The number of carboxylic acid groups (broad SMARTS) is 1. The molecule has 1 aromatic carbocycles. The summed E-state index contributed by atoms with van der Waals surface area (Å²) in [6, 6.07) is 5.22. The van der Waals surface area contributed by atoms with Crippen molar-refractivity contribution in [3.8, 4) is 5.75 Å². The lowest BCUT2D eigenvalue weighted by Crippen LogP contribution is -2.28. The molecular formula is C14H19NO4. The molecule has 0 radical (unpaired) electrons. The Morgan fingerprint density at radius 1 is 1.37 bits per heavy atom. The number of aryl methyl sites for hydroxylation is 1. The van der Waals surface area contributed by atoms with Gasteiger partial charge in [-0.05, 0) is 44.0 Å². The number of ether oxygens (including phenoxy) is 1. The van der Waals surface area contributed by atoms with Gasteiger partial charge in [0, 0.05) is 5.69 Å². The van der Waals surface area contributed by atoms with Crippen LogP contribution in [0.5, 0.6) is 5.75 Å². The summed E-state index contributed by atoms with van der Waals surface area (Å²) < 4.78 is 5.40.